The Hall–Kier alpha value is -2.95. The van der Waals surface area contributed by atoms with E-state index < -0.39 is 5.97 Å². The standard InChI is InChI=1S/C21H16N2O3S2/c1-26-20(25)10-15(24)13-28-21-17(12-22)16(14-6-3-2-4-7-14)11-18(23-21)19-8-5-9-27-19/h2-9,11H,10,13H2,1H3. The molecule has 0 bridgehead atoms. The quantitative estimate of drug-likeness (QED) is 0.324. The largest absolute Gasteiger partial charge is 0.469 e. The molecule has 3 rings (SSSR count). The van der Waals surface area contributed by atoms with Crippen molar-refractivity contribution < 1.29 is 14.3 Å². The molecular formula is C21H16N2O3S2. The summed E-state index contributed by atoms with van der Waals surface area (Å²) in [6.07, 6.45) is -0.290. The highest BCUT2D eigenvalue weighted by atomic mass is 32.2. The van der Waals surface area contributed by atoms with E-state index in [4.69, 9.17) is 0 Å². The number of rotatable bonds is 7. The van der Waals surface area contributed by atoms with Crippen molar-refractivity contribution in [2.45, 2.75) is 11.4 Å². The molecule has 0 atom stereocenters. The van der Waals surface area contributed by atoms with E-state index in [1.807, 2.05) is 53.9 Å². The van der Waals surface area contributed by atoms with Gasteiger partial charge in [0, 0.05) is 5.56 Å². The lowest BCUT2D eigenvalue weighted by Gasteiger charge is -2.11. The Balaban J connectivity index is 2.00. The molecule has 0 saturated heterocycles. The molecular weight excluding hydrogens is 392 g/mol. The number of thioether (sulfide) groups is 1. The lowest BCUT2D eigenvalue weighted by Crippen LogP contribution is -2.11. The summed E-state index contributed by atoms with van der Waals surface area (Å²) in [5.41, 5.74) is 2.84. The molecule has 0 unspecified atom stereocenters. The van der Waals surface area contributed by atoms with Crippen molar-refractivity contribution in [3.63, 3.8) is 0 Å². The molecule has 0 amide bonds. The third kappa shape index (κ3) is 4.66. The number of esters is 1. The minimum Gasteiger partial charge on any atom is -0.469 e. The molecule has 0 fully saturated rings. The number of nitriles is 1. The van der Waals surface area contributed by atoms with Gasteiger partial charge in [0.1, 0.15) is 17.5 Å². The molecule has 0 aliphatic carbocycles. The summed E-state index contributed by atoms with van der Waals surface area (Å²) in [4.78, 5) is 28.9. The van der Waals surface area contributed by atoms with E-state index >= 15 is 0 Å². The topological polar surface area (TPSA) is 80.1 Å². The van der Waals surface area contributed by atoms with E-state index in [0.717, 1.165) is 21.7 Å². The van der Waals surface area contributed by atoms with E-state index in [1.54, 1.807) is 11.3 Å². The van der Waals surface area contributed by atoms with Gasteiger partial charge in [-0.05, 0) is 23.1 Å². The van der Waals surface area contributed by atoms with Gasteiger partial charge in [-0.1, -0.05) is 48.2 Å². The van der Waals surface area contributed by atoms with Gasteiger partial charge in [0.05, 0.1) is 29.0 Å². The summed E-state index contributed by atoms with van der Waals surface area (Å²) >= 11 is 2.72. The minimum atomic E-state index is -0.573. The number of carbonyl (C=O) groups excluding carboxylic acids is 2. The van der Waals surface area contributed by atoms with Crippen molar-refractivity contribution >= 4 is 34.9 Å². The molecule has 1 aromatic carbocycles. The third-order valence-corrected chi connectivity index (χ3v) is 5.82. The Labute approximate surface area is 171 Å². The summed E-state index contributed by atoms with van der Waals surface area (Å²) < 4.78 is 4.53. The molecule has 3 aromatic rings. The lowest BCUT2D eigenvalue weighted by atomic mass is 10.0. The van der Waals surface area contributed by atoms with E-state index in [9.17, 15) is 14.9 Å². The normalized spacial score (nSPS) is 10.3. The number of aromatic nitrogens is 1. The smallest absolute Gasteiger partial charge is 0.313 e. The predicted molar refractivity (Wildman–Crippen MR) is 110 cm³/mol. The van der Waals surface area contributed by atoms with E-state index in [-0.39, 0.29) is 18.0 Å². The van der Waals surface area contributed by atoms with Crippen LogP contribution >= 0.6 is 23.1 Å². The van der Waals surface area contributed by atoms with E-state index in [2.05, 4.69) is 15.8 Å². The highest BCUT2D eigenvalue weighted by Crippen LogP contribution is 2.35. The summed E-state index contributed by atoms with van der Waals surface area (Å²) in [6, 6.07) is 17.6. The number of Topliss-reactive ketones (excluding diaryl/α,β-unsaturated/α-hetero) is 1. The van der Waals surface area contributed by atoms with Crippen molar-refractivity contribution in [2.24, 2.45) is 0 Å². The zero-order valence-corrected chi connectivity index (χ0v) is 16.7. The summed E-state index contributed by atoms with van der Waals surface area (Å²) in [5.74, 6) is -0.805. The molecule has 140 valence electrons. The van der Waals surface area contributed by atoms with Crippen LogP contribution in [-0.2, 0) is 14.3 Å². The van der Waals surface area contributed by atoms with Gasteiger partial charge in [0.15, 0.2) is 5.78 Å². The number of ether oxygens (including phenoxy) is 1. The van der Waals surface area contributed by atoms with Crippen molar-refractivity contribution in [1.29, 1.82) is 5.26 Å². The van der Waals surface area contributed by atoms with Crippen LogP contribution in [0.2, 0.25) is 0 Å². The first kappa shape index (κ1) is 19.8. The molecule has 28 heavy (non-hydrogen) atoms. The number of methoxy groups -OCH3 is 1. The highest BCUT2D eigenvalue weighted by molar-refractivity contribution is 8.00. The van der Waals surface area contributed by atoms with Crippen molar-refractivity contribution in [1.82, 2.24) is 4.98 Å². The number of pyridine rings is 1. The summed E-state index contributed by atoms with van der Waals surface area (Å²) in [7, 11) is 1.24. The van der Waals surface area contributed by atoms with Crippen LogP contribution in [0.1, 0.15) is 12.0 Å². The molecule has 0 N–H and O–H groups in total. The zero-order valence-electron chi connectivity index (χ0n) is 15.0. The zero-order chi connectivity index (χ0) is 19.9. The monoisotopic (exact) mass is 408 g/mol. The molecule has 7 heteroatoms. The number of hydrogen-bond donors (Lipinski definition) is 0. The van der Waals surface area contributed by atoms with Crippen LogP contribution in [0.4, 0.5) is 0 Å². The van der Waals surface area contributed by atoms with Gasteiger partial charge in [0.25, 0.3) is 0 Å². The van der Waals surface area contributed by atoms with E-state index in [1.165, 1.54) is 18.9 Å². The van der Waals surface area contributed by atoms with Gasteiger partial charge >= 0.3 is 5.97 Å². The number of ketones is 1. The molecule has 0 aliphatic heterocycles. The van der Waals surface area contributed by atoms with Crippen LogP contribution in [0.3, 0.4) is 0 Å². The molecule has 2 heterocycles. The fraction of sp³-hybridized carbons (Fsp3) is 0.143. The first-order chi connectivity index (χ1) is 13.6. The summed E-state index contributed by atoms with van der Waals surface area (Å²) in [6.45, 7) is 0. The van der Waals surface area contributed by atoms with Crippen molar-refractivity contribution in [3.05, 3.63) is 59.5 Å². The Morgan fingerprint density at radius 3 is 2.64 bits per heavy atom. The maximum absolute atomic E-state index is 12.0. The van der Waals surface area contributed by atoms with Gasteiger partial charge in [-0.25, -0.2) is 4.98 Å². The molecule has 2 aromatic heterocycles. The van der Waals surface area contributed by atoms with Gasteiger partial charge in [-0.2, -0.15) is 5.26 Å². The lowest BCUT2D eigenvalue weighted by molar-refractivity contribution is -0.142. The van der Waals surface area contributed by atoms with Crippen LogP contribution in [-0.4, -0.2) is 29.6 Å². The van der Waals surface area contributed by atoms with Crippen molar-refractivity contribution in [2.75, 3.05) is 12.9 Å². The van der Waals surface area contributed by atoms with Gasteiger partial charge < -0.3 is 4.74 Å². The fourth-order valence-corrected chi connectivity index (χ4v) is 4.11. The second kappa shape index (κ2) is 9.31. The molecule has 0 radical (unpaired) electrons. The number of nitrogens with zero attached hydrogens (tertiary/aromatic N) is 2. The van der Waals surface area contributed by atoms with Crippen LogP contribution in [0.5, 0.6) is 0 Å². The SMILES string of the molecule is COC(=O)CC(=O)CSc1nc(-c2cccs2)cc(-c2ccccc2)c1C#N. The van der Waals surface area contributed by atoms with Gasteiger partial charge in [-0.15, -0.1) is 11.3 Å². The minimum absolute atomic E-state index is 0.0406. The average Bonchev–Trinajstić information content (AvgIpc) is 3.27. The van der Waals surface area contributed by atoms with Crippen LogP contribution in [0.15, 0.2) is 58.9 Å². The van der Waals surface area contributed by atoms with Crippen LogP contribution in [0, 0.1) is 11.3 Å². The number of thiophene rings is 1. The maximum atomic E-state index is 12.0. The first-order valence-electron chi connectivity index (χ1n) is 8.38. The summed E-state index contributed by atoms with van der Waals surface area (Å²) in [5, 5.41) is 12.2. The Bertz CT molecular complexity index is 1030. The maximum Gasteiger partial charge on any atom is 0.313 e. The van der Waals surface area contributed by atoms with Gasteiger partial charge in [0.2, 0.25) is 0 Å². The van der Waals surface area contributed by atoms with Crippen LogP contribution < -0.4 is 0 Å². The average molecular weight is 409 g/mol. The first-order valence-corrected chi connectivity index (χ1v) is 10.2. The molecule has 0 spiro atoms. The number of carbonyl (C=O) groups is 2. The number of hydrogen-bond acceptors (Lipinski definition) is 7. The Kier molecular flexibility index (Phi) is 6.58. The molecule has 5 nitrogen and oxygen atoms in total. The Morgan fingerprint density at radius 2 is 2.00 bits per heavy atom. The number of benzene rings is 1. The van der Waals surface area contributed by atoms with E-state index in [0.29, 0.717) is 10.6 Å². The van der Waals surface area contributed by atoms with Gasteiger partial charge in [-0.3, -0.25) is 9.59 Å². The second-order valence-corrected chi connectivity index (χ2v) is 7.68. The molecule has 0 aliphatic rings. The highest BCUT2D eigenvalue weighted by Gasteiger charge is 2.18. The van der Waals surface area contributed by atoms with Crippen molar-refractivity contribution in [3.8, 4) is 27.8 Å². The molecule has 0 saturated carbocycles. The predicted octanol–water partition coefficient (Wildman–Crippen LogP) is 4.57. The van der Waals surface area contributed by atoms with Crippen LogP contribution in [0.25, 0.3) is 21.7 Å². The Morgan fingerprint density at radius 1 is 1.21 bits per heavy atom. The second-order valence-electron chi connectivity index (χ2n) is 5.77. The fourth-order valence-electron chi connectivity index (χ4n) is 2.56. The third-order valence-electron chi connectivity index (χ3n) is 3.90.